The SMILES string of the molecule is COc1ccccc1Oc1ccc(NC(=O)[C@@H]2CCCN3CCCC[C@H]23)cc1. The predicted molar refractivity (Wildman–Crippen MR) is 110 cm³/mol. The van der Waals surface area contributed by atoms with Crippen LogP contribution in [0.2, 0.25) is 0 Å². The number of nitrogens with one attached hydrogen (secondary N) is 1. The first-order valence-electron chi connectivity index (χ1n) is 10.2. The Balaban J connectivity index is 1.39. The lowest BCUT2D eigenvalue weighted by Crippen LogP contribution is -2.51. The van der Waals surface area contributed by atoms with E-state index in [1.807, 2.05) is 48.5 Å². The lowest BCUT2D eigenvalue weighted by atomic mass is 9.83. The molecule has 0 bridgehead atoms. The quantitative estimate of drug-likeness (QED) is 0.818. The first-order valence-corrected chi connectivity index (χ1v) is 10.2. The van der Waals surface area contributed by atoms with Crippen molar-refractivity contribution < 1.29 is 14.3 Å². The number of hydrogen-bond donors (Lipinski definition) is 1. The van der Waals surface area contributed by atoms with E-state index in [0.717, 1.165) is 38.0 Å². The molecule has 2 aliphatic rings. The van der Waals surface area contributed by atoms with Gasteiger partial charge in [-0.25, -0.2) is 0 Å². The zero-order valence-corrected chi connectivity index (χ0v) is 16.4. The minimum Gasteiger partial charge on any atom is -0.493 e. The maximum Gasteiger partial charge on any atom is 0.229 e. The van der Waals surface area contributed by atoms with Crippen LogP contribution in [0.1, 0.15) is 32.1 Å². The molecule has 2 fully saturated rings. The third-order valence-electron chi connectivity index (χ3n) is 5.84. The van der Waals surface area contributed by atoms with E-state index in [0.29, 0.717) is 23.3 Å². The number of benzene rings is 2. The van der Waals surface area contributed by atoms with Gasteiger partial charge in [0.25, 0.3) is 0 Å². The van der Waals surface area contributed by atoms with Gasteiger partial charge in [-0.05, 0) is 75.2 Å². The molecule has 4 rings (SSSR count). The molecule has 2 saturated heterocycles. The van der Waals surface area contributed by atoms with Crippen molar-refractivity contribution in [2.75, 3.05) is 25.5 Å². The normalized spacial score (nSPS) is 22.2. The highest BCUT2D eigenvalue weighted by atomic mass is 16.5. The number of piperidine rings is 2. The highest BCUT2D eigenvalue weighted by molar-refractivity contribution is 5.93. The van der Waals surface area contributed by atoms with Crippen LogP contribution in [0.5, 0.6) is 17.2 Å². The Kier molecular flexibility index (Phi) is 5.81. The van der Waals surface area contributed by atoms with Crippen LogP contribution in [0, 0.1) is 5.92 Å². The van der Waals surface area contributed by atoms with E-state index < -0.39 is 0 Å². The fourth-order valence-corrected chi connectivity index (χ4v) is 4.43. The number of hydrogen-bond acceptors (Lipinski definition) is 4. The maximum atomic E-state index is 12.9. The molecule has 5 heteroatoms. The van der Waals surface area contributed by atoms with Crippen molar-refractivity contribution >= 4 is 11.6 Å². The van der Waals surface area contributed by atoms with Gasteiger partial charge in [-0.1, -0.05) is 18.6 Å². The number of ether oxygens (including phenoxy) is 2. The van der Waals surface area contributed by atoms with Crippen LogP contribution in [0.3, 0.4) is 0 Å². The van der Waals surface area contributed by atoms with Crippen LogP contribution in [-0.2, 0) is 4.79 Å². The third kappa shape index (κ3) is 4.14. The minimum atomic E-state index is 0.0959. The van der Waals surface area contributed by atoms with Crippen molar-refractivity contribution in [3.05, 3.63) is 48.5 Å². The number of amides is 1. The molecule has 148 valence electrons. The number of para-hydroxylation sites is 2. The van der Waals surface area contributed by atoms with E-state index in [9.17, 15) is 4.79 Å². The van der Waals surface area contributed by atoms with Gasteiger partial charge in [0.2, 0.25) is 5.91 Å². The predicted octanol–water partition coefficient (Wildman–Crippen LogP) is 4.69. The summed E-state index contributed by atoms with van der Waals surface area (Å²) in [6.07, 6.45) is 5.74. The van der Waals surface area contributed by atoms with Crippen molar-refractivity contribution in [2.24, 2.45) is 5.92 Å². The zero-order chi connectivity index (χ0) is 19.3. The van der Waals surface area contributed by atoms with Crippen molar-refractivity contribution in [3.63, 3.8) is 0 Å². The summed E-state index contributed by atoms with van der Waals surface area (Å²) >= 11 is 0. The summed E-state index contributed by atoms with van der Waals surface area (Å²) in [4.78, 5) is 15.4. The first-order chi connectivity index (χ1) is 13.7. The summed E-state index contributed by atoms with van der Waals surface area (Å²) in [7, 11) is 1.62. The summed E-state index contributed by atoms with van der Waals surface area (Å²) in [6, 6.07) is 15.5. The van der Waals surface area contributed by atoms with Crippen molar-refractivity contribution in [2.45, 2.75) is 38.1 Å². The van der Waals surface area contributed by atoms with E-state index in [-0.39, 0.29) is 11.8 Å². The van der Waals surface area contributed by atoms with Crippen molar-refractivity contribution in [1.29, 1.82) is 0 Å². The molecule has 0 spiro atoms. The molecule has 2 aromatic rings. The largest absolute Gasteiger partial charge is 0.493 e. The molecule has 0 saturated carbocycles. The van der Waals surface area contributed by atoms with Crippen LogP contribution in [0.4, 0.5) is 5.69 Å². The van der Waals surface area contributed by atoms with Gasteiger partial charge < -0.3 is 14.8 Å². The monoisotopic (exact) mass is 380 g/mol. The van der Waals surface area contributed by atoms with Crippen LogP contribution in [0.15, 0.2) is 48.5 Å². The van der Waals surface area contributed by atoms with E-state index in [4.69, 9.17) is 9.47 Å². The van der Waals surface area contributed by atoms with E-state index >= 15 is 0 Å². The third-order valence-corrected chi connectivity index (χ3v) is 5.84. The number of rotatable bonds is 5. The van der Waals surface area contributed by atoms with E-state index in [1.54, 1.807) is 7.11 Å². The van der Waals surface area contributed by atoms with Crippen LogP contribution in [-0.4, -0.2) is 37.0 Å². The van der Waals surface area contributed by atoms with Gasteiger partial charge in [0.05, 0.1) is 13.0 Å². The van der Waals surface area contributed by atoms with Gasteiger partial charge in [-0.2, -0.15) is 0 Å². The van der Waals surface area contributed by atoms with Crippen LogP contribution in [0.25, 0.3) is 0 Å². The number of nitrogens with zero attached hydrogens (tertiary/aromatic N) is 1. The number of anilines is 1. The molecule has 1 N–H and O–H groups in total. The van der Waals surface area contributed by atoms with E-state index in [1.165, 1.54) is 12.8 Å². The number of carbonyl (C=O) groups is 1. The molecule has 0 aromatic heterocycles. The van der Waals surface area contributed by atoms with Gasteiger partial charge in [-0.15, -0.1) is 0 Å². The Morgan fingerprint density at radius 1 is 0.964 bits per heavy atom. The summed E-state index contributed by atoms with van der Waals surface area (Å²) < 4.78 is 11.2. The number of carbonyl (C=O) groups excluding carboxylic acids is 1. The van der Waals surface area contributed by atoms with Crippen molar-refractivity contribution in [1.82, 2.24) is 4.90 Å². The Labute approximate surface area is 166 Å². The minimum absolute atomic E-state index is 0.0959. The van der Waals surface area contributed by atoms with Crippen LogP contribution >= 0.6 is 0 Å². The molecule has 2 heterocycles. The Bertz CT molecular complexity index is 804. The first kappa shape index (κ1) is 18.8. The molecule has 28 heavy (non-hydrogen) atoms. The fourth-order valence-electron chi connectivity index (χ4n) is 4.43. The lowest BCUT2D eigenvalue weighted by Gasteiger charge is -2.43. The highest BCUT2D eigenvalue weighted by Gasteiger charge is 2.36. The van der Waals surface area contributed by atoms with Gasteiger partial charge in [0, 0.05) is 11.7 Å². The molecule has 0 radical (unpaired) electrons. The lowest BCUT2D eigenvalue weighted by molar-refractivity contribution is -0.124. The summed E-state index contributed by atoms with van der Waals surface area (Å²) in [5, 5.41) is 3.11. The molecular formula is C23H28N2O3. The molecule has 5 nitrogen and oxygen atoms in total. The summed E-state index contributed by atoms with van der Waals surface area (Å²) in [6.45, 7) is 2.28. The molecule has 1 amide bonds. The van der Waals surface area contributed by atoms with E-state index in [2.05, 4.69) is 10.2 Å². The van der Waals surface area contributed by atoms with Crippen molar-refractivity contribution in [3.8, 4) is 17.2 Å². The Morgan fingerprint density at radius 3 is 2.50 bits per heavy atom. The van der Waals surface area contributed by atoms with Gasteiger partial charge in [0.15, 0.2) is 11.5 Å². The Morgan fingerprint density at radius 2 is 1.71 bits per heavy atom. The topological polar surface area (TPSA) is 50.8 Å². The van der Waals surface area contributed by atoms with Crippen LogP contribution < -0.4 is 14.8 Å². The molecule has 2 atom stereocenters. The molecule has 0 unspecified atom stereocenters. The molecular weight excluding hydrogens is 352 g/mol. The molecule has 0 aliphatic carbocycles. The summed E-state index contributed by atoms with van der Waals surface area (Å²) in [5.41, 5.74) is 0.810. The number of methoxy groups -OCH3 is 1. The average Bonchev–Trinajstić information content (AvgIpc) is 2.75. The standard InChI is InChI=1S/C23H28N2O3/c1-27-21-9-2-3-10-22(21)28-18-13-11-17(12-14-18)24-23(26)19-7-6-16-25-15-5-4-8-20(19)25/h2-3,9-14,19-20H,4-8,15-16H2,1H3,(H,24,26)/t19-,20-/m1/s1. The fraction of sp³-hybridized carbons (Fsp3) is 0.435. The number of fused-ring (bicyclic) bond motifs is 1. The average molecular weight is 380 g/mol. The maximum absolute atomic E-state index is 12.9. The highest BCUT2D eigenvalue weighted by Crippen LogP contribution is 2.33. The second-order valence-electron chi connectivity index (χ2n) is 7.61. The zero-order valence-electron chi connectivity index (χ0n) is 16.4. The summed E-state index contributed by atoms with van der Waals surface area (Å²) in [5.74, 6) is 2.31. The molecule has 2 aliphatic heterocycles. The molecule has 2 aromatic carbocycles. The Hall–Kier alpha value is -2.53. The smallest absolute Gasteiger partial charge is 0.229 e. The van der Waals surface area contributed by atoms with Gasteiger partial charge in [0.1, 0.15) is 5.75 Å². The second-order valence-corrected chi connectivity index (χ2v) is 7.61. The van der Waals surface area contributed by atoms with Gasteiger partial charge in [-0.3, -0.25) is 9.69 Å². The van der Waals surface area contributed by atoms with Gasteiger partial charge >= 0.3 is 0 Å². The second kappa shape index (κ2) is 8.65.